The quantitative estimate of drug-likeness (QED) is 0.249. The van der Waals surface area contributed by atoms with Crippen molar-refractivity contribution in [3.05, 3.63) is 64.6 Å². The van der Waals surface area contributed by atoms with Crippen LogP contribution in [0, 0.1) is 22.9 Å². The molecule has 1 aliphatic rings. The van der Waals surface area contributed by atoms with Gasteiger partial charge in [-0.3, -0.25) is 9.78 Å². The third-order valence-electron chi connectivity index (χ3n) is 7.49. The molecule has 0 aliphatic carbocycles. The van der Waals surface area contributed by atoms with Gasteiger partial charge in [-0.05, 0) is 62.4 Å². The summed E-state index contributed by atoms with van der Waals surface area (Å²) in [6, 6.07) is 6.39. The highest BCUT2D eigenvalue weighted by atomic mass is 35.5. The zero-order valence-electron chi connectivity index (χ0n) is 21.5. The highest BCUT2D eigenvalue weighted by molar-refractivity contribution is 6.32. The molecule has 0 amide bonds. The minimum atomic E-state index is -1.43. The molecule has 6 nitrogen and oxygen atoms in total. The van der Waals surface area contributed by atoms with E-state index >= 15 is 4.39 Å². The number of carboxylic acid groups (broad SMARTS) is 1. The van der Waals surface area contributed by atoms with Crippen LogP contribution in [0.5, 0.6) is 5.75 Å². The van der Waals surface area contributed by atoms with E-state index in [1.165, 1.54) is 13.3 Å². The highest BCUT2D eigenvalue weighted by Gasteiger charge is 2.37. The minimum Gasteiger partial charge on any atom is -0.497 e. The second kappa shape index (κ2) is 12.4. The number of methoxy groups -OCH3 is 1. The van der Waals surface area contributed by atoms with Gasteiger partial charge in [0.15, 0.2) is 11.6 Å². The van der Waals surface area contributed by atoms with Gasteiger partial charge in [-0.2, -0.15) is 0 Å². The molecule has 0 spiro atoms. The van der Waals surface area contributed by atoms with Crippen LogP contribution in [0.1, 0.15) is 43.8 Å². The summed E-state index contributed by atoms with van der Waals surface area (Å²) in [5.74, 6) is -3.40. The summed E-state index contributed by atoms with van der Waals surface area (Å²) in [7, 11) is 1.52. The molecule has 0 bridgehead atoms. The zero-order valence-corrected chi connectivity index (χ0v) is 22.2. The Morgan fingerprint density at radius 1 is 1.21 bits per heavy atom. The molecule has 1 aliphatic heterocycles. The Bertz CT molecular complexity index is 1310. The predicted molar refractivity (Wildman–Crippen MR) is 142 cm³/mol. The average molecular weight is 568 g/mol. The van der Waals surface area contributed by atoms with Gasteiger partial charge in [0.1, 0.15) is 23.4 Å². The van der Waals surface area contributed by atoms with Crippen molar-refractivity contribution >= 4 is 34.2 Å². The van der Waals surface area contributed by atoms with E-state index in [2.05, 4.69) is 15.2 Å². The summed E-state index contributed by atoms with van der Waals surface area (Å²) in [4.78, 5) is 18.0. The summed E-state index contributed by atoms with van der Waals surface area (Å²) in [6.45, 7) is 1.77. The number of benzene rings is 2. The fraction of sp³-hybridized carbons (Fsp3) is 0.429. The Balaban J connectivity index is 1.39. The Kier molecular flexibility index (Phi) is 9.17. The van der Waals surface area contributed by atoms with Crippen molar-refractivity contribution in [1.29, 1.82) is 0 Å². The van der Waals surface area contributed by atoms with Gasteiger partial charge in [-0.15, -0.1) is 0 Å². The molecule has 0 saturated carbocycles. The van der Waals surface area contributed by atoms with Gasteiger partial charge in [0.25, 0.3) is 0 Å². The molecule has 2 heterocycles. The number of anilines is 1. The van der Waals surface area contributed by atoms with Crippen LogP contribution >= 0.6 is 11.6 Å². The molecule has 3 aromatic rings. The lowest BCUT2D eigenvalue weighted by Gasteiger charge is -2.41. The lowest BCUT2D eigenvalue weighted by atomic mass is 9.71. The summed E-state index contributed by atoms with van der Waals surface area (Å²) in [6.07, 6.45) is 1.41. The van der Waals surface area contributed by atoms with Crippen LogP contribution in [0.3, 0.4) is 0 Å². The normalized spacial score (nSPS) is 16.3. The number of fused-ring (bicyclic) bond motifs is 1. The number of nitrogens with one attached hydrogen (secondary N) is 1. The molecule has 2 aromatic carbocycles. The van der Waals surface area contributed by atoms with Crippen LogP contribution in [-0.4, -0.2) is 54.2 Å². The van der Waals surface area contributed by atoms with E-state index < -0.39 is 35.0 Å². The van der Waals surface area contributed by atoms with Crippen molar-refractivity contribution in [2.45, 2.75) is 38.3 Å². The van der Waals surface area contributed by atoms with Gasteiger partial charge in [-0.1, -0.05) is 11.6 Å². The Hall–Kier alpha value is -3.11. The lowest BCUT2D eigenvalue weighted by Crippen LogP contribution is -2.43. The molecule has 0 radical (unpaired) electrons. The van der Waals surface area contributed by atoms with E-state index in [-0.39, 0.29) is 30.1 Å². The molecule has 1 atom stereocenters. The molecular weight excluding hydrogens is 538 g/mol. The number of aromatic nitrogens is 1. The number of rotatable bonds is 11. The molecule has 39 heavy (non-hydrogen) atoms. The number of ether oxygens (including phenoxy) is 1. The van der Waals surface area contributed by atoms with Gasteiger partial charge < -0.3 is 20.1 Å². The first-order valence-electron chi connectivity index (χ1n) is 12.7. The van der Waals surface area contributed by atoms with Crippen LogP contribution in [0.15, 0.2) is 36.5 Å². The summed E-state index contributed by atoms with van der Waals surface area (Å²) < 4.78 is 61.8. The number of carboxylic acids is 1. The van der Waals surface area contributed by atoms with Crippen LogP contribution in [0.25, 0.3) is 10.9 Å². The van der Waals surface area contributed by atoms with Gasteiger partial charge in [0.2, 0.25) is 0 Å². The van der Waals surface area contributed by atoms with Crippen molar-refractivity contribution in [3.8, 4) is 5.75 Å². The molecule has 1 fully saturated rings. The van der Waals surface area contributed by atoms with Crippen molar-refractivity contribution < 1.29 is 32.2 Å². The number of carbonyl (C=O) groups is 1. The first kappa shape index (κ1) is 28.9. The predicted octanol–water partition coefficient (Wildman–Crippen LogP) is 6.77. The van der Waals surface area contributed by atoms with Gasteiger partial charge >= 0.3 is 5.97 Å². The fourth-order valence-corrected chi connectivity index (χ4v) is 5.60. The third kappa shape index (κ3) is 6.91. The lowest BCUT2D eigenvalue weighted by molar-refractivity contribution is -0.141. The molecule has 4 rings (SSSR count). The first-order chi connectivity index (χ1) is 18.6. The molecule has 1 aromatic heterocycles. The number of pyridine rings is 1. The van der Waals surface area contributed by atoms with Crippen LogP contribution in [-0.2, 0) is 4.79 Å². The van der Waals surface area contributed by atoms with E-state index in [9.17, 15) is 23.1 Å². The van der Waals surface area contributed by atoms with Gasteiger partial charge in [0.05, 0.1) is 24.1 Å². The molecule has 1 saturated heterocycles. The van der Waals surface area contributed by atoms with Gasteiger partial charge in [0, 0.05) is 42.4 Å². The fourth-order valence-electron chi connectivity index (χ4n) is 5.33. The summed E-state index contributed by atoms with van der Waals surface area (Å²) in [5, 5.41) is 13.0. The maximum Gasteiger partial charge on any atom is 0.303 e. The summed E-state index contributed by atoms with van der Waals surface area (Å²) >= 11 is 6.36. The van der Waals surface area contributed by atoms with E-state index in [4.69, 9.17) is 16.3 Å². The Morgan fingerprint density at radius 3 is 2.54 bits per heavy atom. The third-order valence-corrected chi connectivity index (χ3v) is 7.79. The number of nitrogens with zero attached hydrogens (tertiary/aromatic N) is 2. The van der Waals surface area contributed by atoms with Crippen molar-refractivity contribution in [2.24, 2.45) is 5.41 Å². The van der Waals surface area contributed by atoms with E-state index in [1.54, 1.807) is 18.2 Å². The molecule has 11 heteroatoms. The zero-order chi connectivity index (χ0) is 28.2. The van der Waals surface area contributed by atoms with E-state index in [1.807, 2.05) is 0 Å². The second-order valence-electron chi connectivity index (χ2n) is 9.99. The van der Waals surface area contributed by atoms with E-state index in [0.717, 1.165) is 0 Å². The number of halogens is 5. The maximum atomic E-state index is 15.7. The topological polar surface area (TPSA) is 74.7 Å². The molecule has 1 unspecified atom stereocenters. The van der Waals surface area contributed by atoms with Crippen LogP contribution in [0.2, 0.25) is 5.02 Å². The van der Waals surface area contributed by atoms with Gasteiger partial charge in [-0.25, -0.2) is 17.6 Å². The second-order valence-corrected chi connectivity index (χ2v) is 10.4. The molecular formula is C28H30ClF4N3O3. The standard InChI is InChI=1S/C28H30ClF4N3O3/c1-39-18-2-3-24-19(14-18)26(20(29)16-35-24)21(31)4-5-28(15-25(37)38)6-9-36(10-7-28)11-8-34-27-22(32)12-17(30)13-23(27)33/h2-3,12-14,16,21,34H,4-11,15H2,1H3,(H,37,38). The van der Waals surface area contributed by atoms with E-state index in [0.29, 0.717) is 73.2 Å². The SMILES string of the molecule is COc1ccc2ncc(Cl)c(C(F)CCC3(CC(=O)O)CCN(CCNc4c(F)cc(F)cc4F)CC3)c2c1. The highest BCUT2D eigenvalue weighted by Crippen LogP contribution is 2.44. The number of likely N-dealkylation sites (tertiary alicyclic amines) is 1. The van der Waals surface area contributed by atoms with Crippen molar-refractivity contribution in [2.75, 3.05) is 38.6 Å². The smallest absolute Gasteiger partial charge is 0.303 e. The largest absolute Gasteiger partial charge is 0.497 e. The Labute approximate surface area is 228 Å². The number of aliphatic carboxylic acids is 1. The maximum absolute atomic E-state index is 15.7. The summed E-state index contributed by atoms with van der Waals surface area (Å²) in [5.41, 5.74) is -0.0831. The van der Waals surface area contributed by atoms with Crippen LogP contribution in [0.4, 0.5) is 23.2 Å². The van der Waals surface area contributed by atoms with Crippen molar-refractivity contribution in [3.63, 3.8) is 0 Å². The number of hydrogen-bond donors (Lipinski definition) is 2. The first-order valence-corrected chi connectivity index (χ1v) is 13.1. The monoisotopic (exact) mass is 567 g/mol. The minimum absolute atomic E-state index is 0.0868. The number of hydrogen-bond acceptors (Lipinski definition) is 5. The number of piperidine rings is 1. The number of alkyl halides is 1. The molecule has 210 valence electrons. The Morgan fingerprint density at radius 2 is 1.90 bits per heavy atom. The van der Waals surface area contributed by atoms with Crippen LogP contribution < -0.4 is 10.1 Å². The molecule has 2 N–H and O–H groups in total. The average Bonchev–Trinajstić information content (AvgIpc) is 2.89. The van der Waals surface area contributed by atoms with Crippen molar-refractivity contribution in [1.82, 2.24) is 9.88 Å².